The number of allylic oxidation sites excluding steroid dienone is 4. The van der Waals surface area contributed by atoms with E-state index in [1.54, 1.807) is 73.7 Å². The van der Waals surface area contributed by atoms with Crippen molar-refractivity contribution in [2.24, 2.45) is 17.8 Å². The minimum atomic E-state index is -0.630. The molecule has 19 nitrogen and oxygen atoms in total. The summed E-state index contributed by atoms with van der Waals surface area (Å²) < 4.78 is 28.7. The summed E-state index contributed by atoms with van der Waals surface area (Å²) in [6, 6.07) is 5.26. The zero-order valence-electron chi connectivity index (χ0n) is 48.1. The lowest BCUT2D eigenvalue weighted by atomic mass is 9.90. The minimum absolute atomic E-state index is 0.0248. The molecule has 7 unspecified atom stereocenters. The Labute approximate surface area is 463 Å². The molecule has 0 bridgehead atoms. The van der Waals surface area contributed by atoms with Gasteiger partial charge in [-0.05, 0) is 50.8 Å². The summed E-state index contributed by atoms with van der Waals surface area (Å²) in [6.07, 6.45) is 9.45. The third-order valence-electron chi connectivity index (χ3n) is 13.2. The second kappa shape index (κ2) is 37.6. The quantitative estimate of drug-likeness (QED) is 0.0431. The Morgan fingerprint density at radius 3 is 1.97 bits per heavy atom. The van der Waals surface area contributed by atoms with Gasteiger partial charge in [0, 0.05) is 45.9 Å². The molecular formula is C57H91N7O12S. The van der Waals surface area contributed by atoms with E-state index in [9.17, 15) is 28.8 Å². The number of ether oxygens (including phenoxy) is 5. The lowest BCUT2D eigenvalue weighted by Gasteiger charge is -2.39. The van der Waals surface area contributed by atoms with E-state index in [1.807, 2.05) is 64.9 Å². The first kappa shape index (κ1) is 67.9. The van der Waals surface area contributed by atoms with Gasteiger partial charge < -0.3 is 44.1 Å². The molecule has 0 saturated carbocycles. The molecule has 2 aromatic rings. The Morgan fingerprint density at radius 1 is 0.870 bits per heavy atom. The van der Waals surface area contributed by atoms with Gasteiger partial charge in [0.2, 0.25) is 23.6 Å². The number of hydroxylamine groups is 2. The van der Waals surface area contributed by atoms with Crippen LogP contribution in [-0.2, 0) is 54.2 Å². The molecule has 4 rings (SSSR count). The molecule has 20 heteroatoms. The van der Waals surface area contributed by atoms with Crippen molar-refractivity contribution in [1.29, 1.82) is 0 Å². The molecule has 0 radical (unpaired) electrons. The van der Waals surface area contributed by atoms with Gasteiger partial charge in [0.15, 0.2) is 0 Å². The van der Waals surface area contributed by atoms with Crippen molar-refractivity contribution < 1.29 is 57.3 Å². The Balaban J connectivity index is 0.00000185. The van der Waals surface area contributed by atoms with Crippen LogP contribution >= 0.6 is 11.3 Å². The standard InChI is InChI=1S/C47H73N7O12S.C7H10.C3H8/c1-10-32(4)42(37(61-8)28-39(55)53-18-13-16-36(53)43(62-9)33(5)44(57)49-29-38-48-17-27-67-38)52(7)40(56)30-50-45(58)41(31(2)3)51(6)19-20-63-21-22-64-23-24-65-25-26-66-54-46(59)34-14-11-12-15-35(34)47(54)60;1-4-6-7(3)5-2;1-3-2/h11-12,14-15,17,27,31-33,36-37,41-43H,10,13,16,18-26,28-30H2,1-9H3,(H,49,57)(H,50,58);4-6H,1-2H2,3H3;3H2,1-2H3/b;7-6-;. The van der Waals surface area contributed by atoms with Crippen molar-refractivity contribution in [1.82, 2.24) is 35.4 Å². The van der Waals surface area contributed by atoms with Crippen LogP contribution in [0.4, 0.5) is 0 Å². The number of likely N-dealkylation sites (N-methyl/N-ethyl adjacent to an activating group) is 2. The van der Waals surface area contributed by atoms with Crippen LogP contribution in [0.5, 0.6) is 0 Å². The average Bonchev–Trinajstić information content (AvgIpc) is 4.18. The first-order valence-electron chi connectivity index (χ1n) is 26.9. The number of hydrogen-bond acceptors (Lipinski definition) is 15. The maximum absolute atomic E-state index is 14.1. The van der Waals surface area contributed by atoms with Gasteiger partial charge in [-0.2, -0.15) is 0 Å². The molecule has 0 aliphatic carbocycles. The Hall–Kier alpha value is -5.19. The number of nitrogens with zero attached hydrogens (tertiary/aromatic N) is 5. The minimum Gasteiger partial charge on any atom is -0.379 e. The van der Waals surface area contributed by atoms with Gasteiger partial charge in [0.25, 0.3) is 11.8 Å². The zero-order chi connectivity index (χ0) is 57.5. The van der Waals surface area contributed by atoms with Crippen LogP contribution < -0.4 is 10.6 Å². The van der Waals surface area contributed by atoms with Crippen LogP contribution in [0.2, 0.25) is 0 Å². The molecule has 3 heterocycles. The van der Waals surface area contributed by atoms with Gasteiger partial charge in [-0.15, -0.1) is 16.4 Å². The molecular weight excluding hydrogens is 1010 g/mol. The first-order valence-corrected chi connectivity index (χ1v) is 27.8. The van der Waals surface area contributed by atoms with Gasteiger partial charge in [0.1, 0.15) is 5.01 Å². The van der Waals surface area contributed by atoms with Crippen molar-refractivity contribution in [3.8, 4) is 0 Å². The molecule has 2 aliphatic heterocycles. The third-order valence-corrected chi connectivity index (χ3v) is 14.0. The highest BCUT2D eigenvalue weighted by molar-refractivity contribution is 7.09. The van der Waals surface area contributed by atoms with Crippen molar-refractivity contribution in [3.05, 3.63) is 88.9 Å². The number of imide groups is 1. The summed E-state index contributed by atoms with van der Waals surface area (Å²) in [5, 5.41) is 9.22. The predicted octanol–water partition coefficient (Wildman–Crippen LogP) is 6.75. The molecule has 2 N–H and O–H groups in total. The molecule has 77 heavy (non-hydrogen) atoms. The fourth-order valence-electron chi connectivity index (χ4n) is 9.01. The predicted molar refractivity (Wildman–Crippen MR) is 300 cm³/mol. The maximum Gasteiger partial charge on any atom is 0.285 e. The zero-order valence-corrected chi connectivity index (χ0v) is 48.9. The lowest BCUT2D eigenvalue weighted by molar-refractivity contribution is -0.146. The van der Waals surface area contributed by atoms with Crippen LogP contribution in [0, 0.1) is 17.8 Å². The van der Waals surface area contributed by atoms with Crippen LogP contribution in [-0.4, -0.2) is 185 Å². The number of amides is 6. The molecule has 0 spiro atoms. The molecule has 7 atom stereocenters. The number of hydrogen-bond donors (Lipinski definition) is 2. The summed E-state index contributed by atoms with van der Waals surface area (Å²) in [7, 11) is 6.64. The van der Waals surface area contributed by atoms with Crippen molar-refractivity contribution in [2.45, 2.75) is 124 Å². The van der Waals surface area contributed by atoms with Crippen molar-refractivity contribution in [2.75, 3.05) is 94.2 Å². The Kier molecular flexibility index (Phi) is 33.2. The molecule has 6 amide bonds. The summed E-state index contributed by atoms with van der Waals surface area (Å²) in [6.45, 7) is 26.0. The number of carbonyl (C=O) groups is 6. The van der Waals surface area contributed by atoms with Gasteiger partial charge in [-0.25, -0.2) is 4.98 Å². The fraction of sp³-hybridized carbons (Fsp3) is 0.632. The third kappa shape index (κ3) is 22.2. The van der Waals surface area contributed by atoms with Crippen LogP contribution in [0.3, 0.4) is 0 Å². The second-order valence-corrected chi connectivity index (χ2v) is 20.3. The SMILES string of the molecule is C=C/C=C(/C)C=C.CCC.CCC(C)C(C(CC(=O)N1CCCC1C(OC)C(C)C(=O)NCc1nccs1)OC)N(C)C(=O)CNC(=O)C(C(C)C)N(C)CCOCCOCCOCCON1C(=O)c2ccccc2C1=O. The molecule has 1 aromatic carbocycles. The van der Waals surface area contributed by atoms with Crippen LogP contribution in [0.15, 0.2) is 72.8 Å². The number of fused-ring (bicyclic) bond motifs is 1. The van der Waals surface area contributed by atoms with E-state index in [1.165, 1.54) is 17.8 Å². The van der Waals surface area contributed by atoms with Crippen LogP contribution in [0.1, 0.15) is 113 Å². The first-order chi connectivity index (χ1) is 36.9. The Morgan fingerprint density at radius 2 is 1.47 bits per heavy atom. The molecule has 432 valence electrons. The highest BCUT2D eigenvalue weighted by Crippen LogP contribution is 2.30. The number of methoxy groups -OCH3 is 2. The summed E-state index contributed by atoms with van der Waals surface area (Å²) in [5.41, 5.74) is 1.78. The van der Waals surface area contributed by atoms with Gasteiger partial charge in [0.05, 0.1) is 113 Å². The highest BCUT2D eigenvalue weighted by atomic mass is 32.1. The molecule has 2 aliphatic rings. The van der Waals surface area contributed by atoms with E-state index in [0.717, 1.165) is 28.5 Å². The smallest absolute Gasteiger partial charge is 0.285 e. The van der Waals surface area contributed by atoms with Gasteiger partial charge in [-0.3, -0.25) is 38.5 Å². The fourth-order valence-corrected chi connectivity index (χ4v) is 9.56. The van der Waals surface area contributed by atoms with E-state index in [2.05, 4.69) is 42.6 Å². The Bertz CT molecular complexity index is 2110. The lowest BCUT2D eigenvalue weighted by Crippen LogP contribution is -2.55. The van der Waals surface area contributed by atoms with Gasteiger partial charge in [-0.1, -0.05) is 110 Å². The van der Waals surface area contributed by atoms with E-state index in [4.69, 9.17) is 28.5 Å². The van der Waals surface area contributed by atoms with Crippen molar-refractivity contribution >= 4 is 46.8 Å². The molecule has 1 saturated heterocycles. The summed E-state index contributed by atoms with van der Waals surface area (Å²) in [5.74, 6) is -2.51. The van der Waals surface area contributed by atoms with Crippen LogP contribution in [0.25, 0.3) is 0 Å². The number of carbonyl (C=O) groups excluding carboxylic acids is 6. The normalized spacial score (nSPS) is 16.5. The summed E-state index contributed by atoms with van der Waals surface area (Å²) >= 11 is 1.46. The number of aromatic nitrogens is 1. The monoisotopic (exact) mass is 1100 g/mol. The number of rotatable bonds is 33. The molecule has 1 fully saturated rings. The number of thiazole rings is 1. The number of likely N-dealkylation sites (tertiary alicyclic amines) is 1. The topological polar surface area (TPSA) is 208 Å². The number of nitrogens with one attached hydrogen (secondary N) is 2. The van der Waals surface area contributed by atoms with E-state index >= 15 is 0 Å². The van der Waals surface area contributed by atoms with E-state index in [0.29, 0.717) is 63.6 Å². The van der Waals surface area contributed by atoms with E-state index in [-0.39, 0.29) is 74.3 Å². The van der Waals surface area contributed by atoms with Gasteiger partial charge >= 0.3 is 0 Å². The van der Waals surface area contributed by atoms with Crippen molar-refractivity contribution in [3.63, 3.8) is 0 Å². The maximum atomic E-state index is 14.1. The largest absolute Gasteiger partial charge is 0.379 e. The van der Waals surface area contributed by atoms with E-state index < -0.39 is 42.0 Å². The summed E-state index contributed by atoms with van der Waals surface area (Å²) in [4.78, 5) is 94.2. The average molecular weight is 1100 g/mol. The molecule has 1 aromatic heterocycles. The highest BCUT2D eigenvalue weighted by Gasteiger charge is 2.42. The second-order valence-electron chi connectivity index (χ2n) is 19.4. The number of benzene rings is 1.